The van der Waals surface area contributed by atoms with Gasteiger partial charge in [0.1, 0.15) is 0 Å². The zero-order valence-corrected chi connectivity index (χ0v) is 20.5. The number of unbranched alkanes of at least 4 members (excludes halogenated alkanes) is 3. The molecule has 10 nitrogen and oxygen atoms in total. The van der Waals surface area contributed by atoms with E-state index in [9.17, 15) is 4.48 Å². The molecular formula is C22H29Cl2FN10. The molecule has 0 aromatic heterocycles. The lowest BCUT2D eigenvalue weighted by molar-refractivity contribution is 0.429. The molecule has 0 radical (unpaired) electrons. The molecule has 0 heterocycles. The Balaban J connectivity index is 1.65. The lowest BCUT2D eigenvalue weighted by Crippen LogP contribution is -2.26. The molecule has 0 amide bonds. The largest absolute Gasteiger partial charge is 0.369 e. The SMILES string of the molecule is NC(=NCCCCCCN=C(N=C(N)Nc1ccc(Cl)cc1)NF)N=C(N)Nc1ccc(Cl)cc1. The van der Waals surface area contributed by atoms with Gasteiger partial charge in [-0.15, -0.1) is 4.48 Å². The van der Waals surface area contributed by atoms with Gasteiger partial charge in [-0.2, -0.15) is 15.5 Å². The highest BCUT2D eigenvalue weighted by molar-refractivity contribution is 6.31. The van der Waals surface area contributed by atoms with Gasteiger partial charge in [-0.25, -0.2) is 4.99 Å². The van der Waals surface area contributed by atoms with Gasteiger partial charge in [0, 0.05) is 34.5 Å². The van der Waals surface area contributed by atoms with Crippen LogP contribution in [-0.2, 0) is 0 Å². The predicted molar refractivity (Wildman–Crippen MR) is 145 cm³/mol. The summed E-state index contributed by atoms with van der Waals surface area (Å²) in [6.45, 7) is 0.911. The average Bonchev–Trinajstić information content (AvgIpc) is 2.82. The normalized spacial score (nSPS) is 13.0. The third-order valence-corrected chi connectivity index (χ3v) is 4.88. The van der Waals surface area contributed by atoms with Gasteiger partial charge in [0.25, 0.3) is 0 Å². The van der Waals surface area contributed by atoms with Crippen LogP contribution in [0.1, 0.15) is 25.7 Å². The summed E-state index contributed by atoms with van der Waals surface area (Å²) in [5.74, 6) is 0.0209. The van der Waals surface area contributed by atoms with Crippen molar-refractivity contribution in [3.05, 3.63) is 58.6 Å². The van der Waals surface area contributed by atoms with Crippen molar-refractivity contribution in [3.63, 3.8) is 0 Å². The number of aliphatic imine (C=N–C) groups is 4. The monoisotopic (exact) mass is 522 g/mol. The summed E-state index contributed by atoms with van der Waals surface area (Å²) in [5.41, 5.74) is 20.2. The van der Waals surface area contributed by atoms with E-state index in [-0.39, 0.29) is 23.8 Å². The fraction of sp³-hybridized carbons (Fsp3) is 0.273. The van der Waals surface area contributed by atoms with Crippen LogP contribution in [0.4, 0.5) is 15.9 Å². The van der Waals surface area contributed by atoms with E-state index in [0.29, 0.717) is 28.8 Å². The Bertz CT molecular complexity index is 1040. The molecule has 0 aliphatic rings. The maximum Gasteiger partial charge on any atom is 0.249 e. The van der Waals surface area contributed by atoms with Crippen molar-refractivity contribution in [1.29, 1.82) is 0 Å². The number of nitrogens with zero attached hydrogens (tertiary/aromatic N) is 4. The second-order valence-electron chi connectivity index (χ2n) is 7.21. The Morgan fingerprint density at radius 3 is 1.63 bits per heavy atom. The maximum atomic E-state index is 12.9. The van der Waals surface area contributed by atoms with Crippen LogP contribution >= 0.6 is 23.2 Å². The molecule has 2 aromatic rings. The van der Waals surface area contributed by atoms with Crippen LogP contribution in [0.15, 0.2) is 68.5 Å². The Kier molecular flexibility index (Phi) is 12.1. The minimum absolute atomic E-state index is 0.00154. The summed E-state index contributed by atoms with van der Waals surface area (Å²) >= 11 is 11.7. The van der Waals surface area contributed by atoms with Crippen LogP contribution in [-0.4, -0.2) is 36.9 Å². The van der Waals surface area contributed by atoms with Crippen LogP contribution in [0.5, 0.6) is 0 Å². The Morgan fingerprint density at radius 1 is 0.686 bits per heavy atom. The minimum Gasteiger partial charge on any atom is -0.369 e. The number of rotatable bonds is 9. The van der Waals surface area contributed by atoms with E-state index in [1.165, 1.54) is 5.54 Å². The quantitative estimate of drug-likeness (QED) is 0.127. The molecule has 0 saturated carbocycles. The maximum absolute atomic E-state index is 12.9. The third kappa shape index (κ3) is 11.9. The molecule has 0 saturated heterocycles. The van der Waals surface area contributed by atoms with E-state index in [0.717, 1.165) is 31.4 Å². The van der Waals surface area contributed by atoms with Crippen molar-refractivity contribution in [2.75, 3.05) is 23.7 Å². The van der Waals surface area contributed by atoms with Crippen LogP contribution in [0.25, 0.3) is 0 Å². The second kappa shape index (κ2) is 15.4. The van der Waals surface area contributed by atoms with Crippen molar-refractivity contribution in [1.82, 2.24) is 5.54 Å². The van der Waals surface area contributed by atoms with Crippen molar-refractivity contribution in [2.45, 2.75) is 25.7 Å². The predicted octanol–water partition coefficient (Wildman–Crippen LogP) is 3.85. The van der Waals surface area contributed by atoms with E-state index in [2.05, 4.69) is 30.6 Å². The first kappa shape index (κ1) is 27.7. The van der Waals surface area contributed by atoms with Gasteiger partial charge < -0.3 is 27.8 Å². The molecule has 35 heavy (non-hydrogen) atoms. The highest BCUT2D eigenvalue weighted by Gasteiger charge is 2.00. The van der Waals surface area contributed by atoms with Crippen molar-refractivity contribution in [3.8, 4) is 0 Å². The highest BCUT2D eigenvalue weighted by Crippen LogP contribution is 2.13. The minimum atomic E-state index is -0.205. The molecular weight excluding hydrogens is 494 g/mol. The van der Waals surface area contributed by atoms with Crippen LogP contribution in [0.2, 0.25) is 10.0 Å². The summed E-state index contributed by atoms with van der Waals surface area (Å²) in [6, 6.07) is 13.9. The molecule has 13 heteroatoms. The molecule has 2 rings (SSSR count). The summed E-state index contributed by atoms with van der Waals surface area (Å²) < 4.78 is 12.9. The van der Waals surface area contributed by atoms with E-state index >= 15 is 0 Å². The molecule has 0 atom stereocenters. The number of halogens is 3. The van der Waals surface area contributed by atoms with E-state index in [4.69, 9.17) is 40.4 Å². The highest BCUT2D eigenvalue weighted by atomic mass is 35.5. The number of guanidine groups is 4. The van der Waals surface area contributed by atoms with Gasteiger partial charge in [-0.1, -0.05) is 36.0 Å². The van der Waals surface area contributed by atoms with E-state index < -0.39 is 0 Å². The number of hydrogen-bond donors (Lipinski definition) is 6. The van der Waals surface area contributed by atoms with Crippen LogP contribution in [0.3, 0.4) is 0 Å². The summed E-state index contributed by atoms with van der Waals surface area (Å²) in [5, 5.41) is 6.95. The first-order valence-corrected chi connectivity index (χ1v) is 11.6. The van der Waals surface area contributed by atoms with Crippen molar-refractivity contribution >= 4 is 58.4 Å². The first-order valence-electron chi connectivity index (χ1n) is 10.8. The third-order valence-electron chi connectivity index (χ3n) is 4.38. The molecule has 9 N–H and O–H groups in total. The molecule has 0 aliphatic heterocycles. The zero-order valence-electron chi connectivity index (χ0n) is 19.0. The van der Waals surface area contributed by atoms with Crippen LogP contribution < -0.4 is 33.4 Å². The van der Waals surface area contributed by atoms with Crippen molar-refractivity contribution < 1.29 is 4.48 Å². The fourth-order valence-corrected chi connectivity index (χ4v) is 2.99. The summed E-state index contributed by atoms with van der Waals surface area (Å²) in [6.07, 6.45) is 3.34. The smallest absolute Gasteiger partial charge is 0.249 e. The molecule has 188 valence electrons. The Morgan fingerprint density at radius 2 is 1.14 bits per heavy atom. The molecule has 2 aromatic carbocycles. The molecule has 0 bridgehead atoms. The number of nitrogens with two attached hydrogens (primary N) is 3. The second-order valence-corrected chi connectivity index (χ2v) is 8.08. The lowest BCUT2D eigenvalue weighted by Gasteiger charge is -2.06. The summed E-state index contributed by atoms with van der Waals surface area (Å²) in [4.78, 5) is 16.1. The number of benzene rings is 2. The lowest BCUT2D eigenvalue weighted by atomic mass is 10.2. The van der Waals surface area contributed by atoms with Gasteiger partial charge in [0.2, 0.25) is 23.8 Å². The van der Waals surface area contributed by atoms with E-state index in [1.54, 1.807) is 48.5 Å². The van der Waals surface area contributed by atoms with Crippen LogP contribution in [0, 0.1) is 0 Å². The summed E-state index contributed by atoms with van der Waals surface area (Å²) in [7, 11) is 0. The molecule has 0 unspecified atom stereocenters. The Hall–Kier alpha value is -3.57. The first-order chi connectivity index (χ1) is 16.9. The van der Waals surface area contributed by atoms with Gasteiger partial charge in [0.05, 0.1) is 0 Å². The topological polar surface area (TPSA) is 164 Å². The van der Waals surface area contributed by atoms with Gasteiger partial charge >= 0.3 is 0 Å². The van der Waals surface area contributed by atoms with Gasteiger partial charge in [0.15, 0.2) is 0 Å². The Labute approximate surface area is 213 Å². The number of anilines is 2. The standard InChI is InChI=1S/C22H29Cl2FN10/c23-15-5-9-17(10-6-15)31-20(27)33-19(26)29-13-3-1-2-4-14-30-22(35-25)34-21(28)32-18-11-7-16(24)8-12-18/h5-12H,1-4,13-14H2,(H5,26,27,29,31,33)(H4,28,30,32,34,35). The number of hydrogen-bond acceptors (Lipinski definition) is 2. The molecule has 0 spiro atoms. The average molecular weight is 523 g/mol. The molecule has 0 aliphatic carbocycles. The zero-order chi connectivity index (χ0) is 25.5. The molecule has 0 fully saturated rings. The van der Waals surface area contributed by atoms with E-state index in [1.807, 2.05) is 0 Å². The fourth-order valence-electron chi connectivity index (χ4n) is 2.73. The van der Waals surface area contributed by atoms with Gasteiger partial charge in [-0.3, -0.25) is 4.99 Å². The van der Waals surface area contributed by atoms with Crippen molar-refractivity contribution in [2.24, 2.45) is 37.2 Å². The van der Waals surface area contributed by atoms with Gasteiger partial charge in [-0.05, 0) is 61.4 Å². The number of nitrogens with one attached hydrogen (secondary N) is 3.